The molecule has 0 aromatic carbocycles. The van der Waals surface area contributed by atoms with Gasteiger partial charge >= 0.3 is 0 Å². The molecule has 1 N–H and O–H groups in total. The second kappa shape index (κ2) is 6.65. The normalized spacial score (nSPS) is 27.1. The molecule has 1 saturated carbocycles. The Balaban J connectivity index is 0.000000357. The summed E-state index contributed by atoms with van der Waals surface area (Å²) in [6, 6.07) is 0.488. The van der Waals surface area contributed by atoms with Crippen LogP contribution in [-0.4, -0.2) is 18.0 Å². The van der Waals surface area contributed by atoms with Crippen LogP contribution in [0.5, 0.6) is 0 Å². The van der Waals surface area contributed by atoms with E-state index in [0.29, 0.717) is 6.04 Å². The van der Waals surface area contributed by atoms with Crippen LogP contribution >= 0.6 is 0 Å². The van der Waals surface area contributed by atoms with E-state index < -0.39 is 5.92 Å². The Bertz CT molecular complexity index is 273. The Morgan fingerprint density at radius 1 is 1.22 bits per heavy atom. The topological polar surface area (TPSA) is 12.0 Å². The molecule has 3 heteroatoms. The maximum Gasteiger partial charge on any atom is 0.251 e. The van der Waals surface area contributed by atoms with Crippen LogP contribution in [-0.2, 0) is 0 Å². The van der Waals surface area contributed by atoms with Gasteiger partial charge in [-0.1, -0.05) is 32.4 Å². The molecule has 0 aliphatic heterocycles. The summed E-state index contributed by atoms with van der Waals surface area (Å²) in [6.07, 6.45) is 5.51. The standard InChI is InChI=1S/C11H17F2N.C4H10/c1-8-2-4-9(5-3-8)14-10-6-11(12,13)7-10;1-4(2)3/h2,9-10,14H,3-7H2,1H3;4H,1-3H3. The molecular weight excluding hydrogens is 232 g/mol. The highest BCUT2D eigenvalue weighted by molar-refractivity contribution is 5.05. The van der Waals surface area contributed by atoms with E-state index in [9.17, 15) is 8.78 Å². The van der Waals surface area contributed by atoms with Gasteiger partial charge < -0.3 is 5.32 Å². The third-order valence-corrected chi connectivity index (χ3v) is 3.20. The molecule has 1 unspecified atom stereocenters. The van der Waals surface area contributed by atoms with Crippen molar-refractivity contribution in [2.75, 3.05) is 0 Å². The number of halogens is 2. The van der Waals surface area contributed by atoms with Crippen LogP contribution in [0, 0.1) is 5.92 Å². The van der Waals surface area contributed by atoms with Gasteiger partial charge in [-0.3, -0.25) is 0 Å². The van der Waals surface area contributed by atoms with Crippen molar-refractivity contribution < 1.29 is 8.78 Å². The van der Waals surface area contributed by atoms with E-state index in [0.717, 1.165) is 25.2 Å². The first-order chi connectivity index (χ1) is 8.28. The van der Waals surface area contributed by atoms with Crippen LogP contribution in [0.25, 0.3) is 0 Å². The number of nitrogens with one attached hydrogen (secondary N) is 1. The third-order valence-electron chi connectivity index (χ3n) is 3.20. The van der Waals surface area contributed by atoms with E-state index >= 15 is 0 Å². The highest BCUT2D eigenvalue weighted by Crippen LogP contribution is 2.38. The average Bonchev–Trinajstić information content (AvgIpc) is 2.18. The van der Waals surface area contributed by atoms with E-state index in [1.54, 1.807) is 0 Å². The number of allylic oxidation sites excluding steroid dienone is 1. The van der Waals surface area contributed by atoms with Crippen molar-refractivity contribution in [3.63, 3.8) is 0 Å². The molecule has 0 spiro atoms. The monoisotopic (exact) mass is 259 g/mol. The van der Waals surface area contributed by atoms with Crippen molar-refractivity contribution in [3.8, 4) is 0 Å². The lowest BCUT2D eigenvalue weighted by atomic mass is 9.86. The molecule has 0 bridgehead atoms. The van der Waals surface area contributed by atoms with E-state index in [1.807, 2.05) is 0 Å². The van der Waals surface area contributed by atoms with Gasteiger partial charge in [0.2, 0.25) is 0 Å². The SMILES string of the molecule is CC(C)C.CC1=CCC(NC2CC(F)(F)C2)CC1. The number of hydrogen-bond acceptors (Lipinski definition) is 1. The predicted molar refractivity (Wildman–Crippen MR) is 73.0 cm³/mol. The minimum absolute atomic E-state index is 0.0339. The predicted octanol–water partition coefficient (Wildman–Crippen LogP) is 4.53. The molecule has 0 aromatic heterocycles. The van der Waals surface area contributed by atoms with Gasteiger partial charge in [0.15, 0.2) is 0 Å². The lowest BCUT2D eigenvalue weighted by Gasteiger charge is -2.38. The summed E-state index contributed by atoms with van der Waals surface area (Å²) < 4.78 is 25.1. The van der Waals surface area contributed by atoms with Gasteiger partial charge in [0.05, 0.1) is 0 Å². The molecule has 2 aliphatic rings. The fourth-order valence-corrected chi connectivity index (χ4v) is 2.23. The number of rotatable bonds is 2. The molecule has 0 radical (unpaired) electrons. The van der Waals surface area contributed by atoms with Gasteiger partial charge in [0.25, 0.3) is 5.92 Å². The molecule has 18 heavy (non-hydrogen) atoms. The summed E-state index contributed by atoms with van der Waals surface area (Å²) >= 11 is 0. The van der Waals surface area contributed by atoms with Crippen molar-refractivity contribution in [2.45, 2.75) is 77.8 Å². The minimum Gasteiger partial charge on any atom is -0.310 e. The van der Waals surface area contributed by atoms with Crippen molar-refractivity contribution in [1.82, 2.24) is 5.32 Å². The first kappa shape index (κ1) is 15.6. The molecule has 0 amide bonds. The fraction of sp³-hybridized carbons (Fsp3) is 0.867. The Morgan fingerprint density at radius 2 is 1.78 bits per heavy atom. The highest BCUT2D eigenvalue weighted by atomic mass is 19.3. The third kappa shape index (κ3) is 5.94. The van der Waals surface area contributed by atoms with Crippen LogP contribution in [0.3, 0.4) is 0 Å². The fourth-order valence-electron chi connectivity index (χ4n) is 2.23. The van der Waals surface area contributed by atoms with E-state index in [-0.39, 0.29) is 18.9 Å². The Labute approximate surface area is 110 Å². The zero-order chi connectivity index (χ0) is 13.8. The molecule has 0 aromatic rings. The minimum atomic E-state index is -2.39. The zero-order valence-electron chi connectivity index (χ0n) is 12.1. The van der Waals surface area contributed by atoms with Gasteiger partial charge in [0, 0.05) is 24.9 Å². The highest BCUT2D eigenvalue weighted by Gasteiger charge is 2.45. The lowest BCUT2D eigenvalue weighted by molar-refractivity contribution is -0.0949. The first-order valence-electron chi connectivity index (χ1n) is 7.08. The average molecular weight is 259 g/mol. The lowest BCUT2D eigenvalue weighted by Crippen LogP contribution is -2.52. The Morgan fingerprint density at radius 3 is 2.17 bits per heavy atom. The van der Waals surface area contributed by atoms with Crippen molar-refractivity contribution in [3.05, 3.63) is 11.6 Å². The molecule has 106 valence electrons. The second-order valence-corrected chi connectivity index (χ2v) is 6.38. The molecule has 1 nitrogen and oxygen atoms in total. The van der Waals surface area contributed by atoms with Crippen molar-refractivity contribution >= 4 is 0 Å². The Kier molecular flexibility index (Phi) is 5.77. The van der Waals surface area contributed by atoms with Gasteiger partial charge in [-0.2, -0.15) is 0 Å². The molecule has 1 atom stereocenters. The van der Waals surface area contributed by atoms with Crippen molar-refractivity contribution in [1.29, 1.82) is 0 Å². The van der Waals surface area contributed by atoms with Crippen LogP contribution in [0.4, 0.5) is 8.78 Å². The summed E-state index contributed by atoms with van der Waals surface area (Å²) in [5, 5.41) is 3.31. The van der Waals surface area contributed by atoms with Gasteiger partial charge in [0.1, 0.15) is 0 Å². The van der Waals surface area contributed by atoms with Gasteiger partial charge in [-0.25, -0.2) is 8.78 Å². The van der Waals surface area contributed by atoms with E-state index in [1.165, 1.54) is 5.57 Å². The van der Waals surface area contributed by atoms with E-state index in [2.05, 4.69) is 39.1 Å². The maximum atomic E-state index is 12.6. The van der Waals surface area contributed by atoms with Crippen molar-refractivity contribution in [2.24, 2.45) is 5.92 Å². The van der Waals surface area contributed by atoms with Crippen LogP contribution in [0.2, 0.25) is 0 Å². The van der Waals surface area contributed by atoms with Gasteiger partial charge in [-0.15, -0.1) is 0 Å². The van der Waals surface area contributed by atoms with Crippen LogP contribution < -0.4 is 5.32 Å². The molecule has 2 rings (SSSR count). The molecule has 2 aliphatic carbocycles. The molecule has 0 heterocycles. The summed E-state index contributed by atoms with van der Waals surface area (Å²) in [4.78, 5) is 0. The van der Waals surface area contributed by atoms with Crippen LogP contribution in [0.15, 0.2) is 11.6 Å². The zero-order valence-corrected chi connectivity index (χ0v) is 12.1. The van der Waals surface area contributed by atoms with Gasteiger partial charge in [-0.05, 0) is 32.1 Å². The largest absolute Gasteiger partial charge is 0.310 e. The number of alkyl halides is 2. The maximum absolute atomic E-state index is 12.6. The van der Waals surface area contributed by atoms with Crippen LogP contribution in [0.1, 0.15) is 59.8 Å². The first-order valence-corrected chi connectivity index (χ1v) is 7.08. The summed E-state index contributed by atoms with van der Waals surface area (Å²) in [5.41, 5.74) is 1.43. The molecule has 0 saturated heterocycles. The number of hydrogen-bond donors (Lipinski definition) is 1. The summed E-state index contributed by atoms with van der Waals surface area (Å²) in [7, 11) is 0. The Hall–Kier alpha value is -0.440. The summed E-state index contributed by atoms with van der Waals surface area (Å²) in [6.45, 7) is 8.63. The summed E-state index contributed by atoms with van der Waals surface area (Å²) in [5.74, 6) is -1.56. The molecule has 1 fully saturated rings. The van der Waals surface area contributed by atoms with E-state index in [4.69, 9.17) is 0 Å². The molecular formula is C15H27F2N. The second-order valence-electron chi connectivity index (χ2n) is 6.38. The quantitative estimate of drug-likeness (QED) is 0.718. The smallest absolute Gasteiger partial charge is 0.251 e.